The number of amides is 1. The van der Waals surface area contributed by atoms with Crippen LogP contribution < -0.4 is 20.3 Å². The van der Waals surface area contributed by atoms with Crippen molar-refractivity contribution in [3.63, 3.8) is 0 Å². The van der Waals surface area contributed by atoms with Gasteiger partial charge >= 0.3 is 6.01 Å². The van der Waals surface area contributed by atoms with Gasteiger partial charge in [0.2, 0.25) is 11.9 Å². The zero-order chi connectivity index (χ0) is 25.5. The van der Waals surface area contributed by atoms with Crippen LogP contribution in [0.15, 0.2) is 60.7 Å². The maximum atomic E-state index is 12.0. The molecule has 2 heterocycles. The van der Waals surface area contributed by atoms with Crippen molar-refractivity contribution in [3.8, 4) is 11.8 Å². The van der Waals surface area contributed by atoms with Gasteiger partial charge in [-0.3, -0.25) is 4.79 Å². The second-order valence-corrected chi connectivity index (χ2v) is 8.48. The molecule has 196 valence electrons. The average molecular weight is 507 g/mol. The fourth-order valence-corrected chi connectivity index (χ4v) is 3.79. The van der Waals surface area contributed by atoms with Gasteiger partial charge in [-0.15, -0.1) is 0 Å². The number of piperidine rings is 1. The van der Waals surface area contributed by atoms with Crippen LogP contribution in [0.4, 0.5) is 11.9 Å². The van der Waals surface area contributed by atoms with E-state index in [1.54, 1.807) is 12.1 Å². The average Bonchev–Trinajstić information content (AvgIpc) is 2.95. The smallest absolute Gasteiger partial charge is 0.328 e. The zero-order valence-electron chi connectivity index (χ0n) is 21.0. The van der Waals surface area contributed by atoms with E-state index in [1.807, 2.05) is 48.5 Å². The van der Waals surface area contributed by atoms with E-state index in [1.165, 1.54) is 6.42 Å². The summed E-state index contributed by atoms with van der Waals surface area (Å²) in [5, 5.41) is 6.04. The number of carbonyl (C=O) groups excluding carboxylic acids is 1. The number of benzene rings is 2. The quantitative estimate of drug-likeness (QED) is 0.317. The number of hydrogen-bond donors (Lipinski definition) is 2. The third kappa shape index (κ3) is 9.00. The van der Waals surface area contributed by atoms with Crippen LogP contribution >= 0.6 is 0 Å². The Bertz CT molecular complexity index is 1080. The van der Waals surface area contributed by atoms with E-state index in [4.69, 9.17) is 14.2 Å². The summed E-state index contributed by atoms with van der Waals surface area (Å²) in [6.45, 7) is 4.61. The number of hydrogen-bond acceptors (Lipinski definition) is 9. The molecule has 1 aliphatic rings. The Hall–Kier alpha value is -3.76. The molecule has 37 heavy (non-hydrogen) atoms. The van der Waals surface area contributed by atoms with Gasteiger partial charge in [0, 0.05) is 31.7 Å². The molecule has 2 N–H and O–H groups in total. The highest BCUT2D eigenvalue weighted by Gasteiger charge is 2.17. The molecular weight excluding hydrogens is 472 g/mol. The van der Waals surface area contributed by atoms with Gasteiger partial charge in [0.25, 0.3) is 5.91 Å². The summed E-state index contributed by atoms with van der Waals surface area (Å²) >= 11 is 0. The fraction of sp³-hybridized carbons (Fsp3) is 0.407. The number of carbonyl (C=O) groups is 1. The molecular formula is C27H34N6O4. The molecule has 2 aromatic carbocycles. The van der Waals surface area contributed by atoms with Crippen molar-refractivity contribution in [1.82, 2.24) is 20.3 Å². The first-order chi connectivity index (χ1) is 18.3. The summed E-state index contributed by atoms with van der Waals surface area (Å²) in [7, 11) is 0. The molecule has 1 aliphatic heterocycles. The van der Waals surface area contributed by atoms with Crippen molar-refractivity contribution >= 4 is 17.8 Å². The Balaban J connectivity index is 1.15. The predicted octanol–water partition coefficient (Wildman–Crippen LogP) is 3.53. The Kier molecular flexibility index (Phi) is 10.5. The molecule has 10 nitrogen and oxygen atoms in total. The van der Waals surface area contributed by atoms with Crippen LogP contribution in [0.1, 0.15) is 29.6 Å². The molecule has 1 saturated heterocycles. The van der Waals surface area contributed by atoms with Gasteiger partial charge < -0.3 is 29.7 Å². The van der Waals surface area contributed by atoms with Crippen molar-refractivity contribution in [2.24, 2.45) is 0 Å². The van der Waals surface area contributed by atoms with Crippen molar-refractivity contribution in [1.29, 1.82) is 0 Å². The molecule has 0 bridgehead atoms. The number of nitrogens with zero attached hydrogens (tertiary/aromatic N) is 4. The highest BCUT2D eigenvalue weighted by Crippen LogP contribution is 2.22. The van der Waals surface area contributed by atoms with E-state index >= 15 is 0 Å². The van der Waals surface area contributed by atoms with Crippen molar-refractivity contribution in [3.05, 3.63) is 66.2 Å². The molecule has 0 atom stereocenters. The minimum Gasteiger partial charge on any atom is -0.424 e. The highest BCUT2D eigenvalue weighted by molar-refractivity contribution is 5.94. The molecule has 0 saturated carbocycles. The fourth-order valence-electron chi connectivity index (χ4n) is 3.79. The Labute approximate surface area is 217 Å². The van der Waals surface area contributed by atoms with E-state index in [-0.39, 0.29) is 11.9 Å². The molecule has 10 heteroatoms. The molecule has 1 aromatic heterocycles. The molecule has 3 aromatic rings. The standard InChI is InChI=1S/C27H34N6O4/c34-24(22-10-4-1-5-11-22)28-14-18-35-20-21-36-19-15-29-25-30-26(33-16-8-3-9-17-33)32-27(31-25)37-23-12-6-2-7-13-23/h1-2,4-7,10-13H,3,8-9,14-21H2,(H,28,34)(H,29,30,31,32). The Morgan fingerprint density at radius 2 is 1.46 bits per heavy atom. The van der Waals surface area contributed by atoms with Gasteiger partial charge in [-0.05, 0) is 43.5 Å². The second-order valence-electron chi connectivity index (χ2n) is 8.48. The number of anilines is 2. The summed E-state index contributed by atoms with van der Waals surface area (Å²) in [5.41, 5.74) is 0.637. The van der Waals surface area contributed by atoms with Gasteiger partial charge in [0.1, 0.15) is 5.75 Å². The van der Waals surface area contributed by atoms with Gasteiger partial charge in [-0.2, -0.15) is 15.0 Å². The monoisotopic (exact) mass is 506 g/mol. The number of aromatic nitrogens is 3. The molecule has 0 aliphatic carbocycles. The van der Waals surface area contributed by atoms with Crippen LogP contribution in [0.2, 0.25) is 0 Å². The highest BCUT2D eigenvalue weighted by atomic mass is 16.5. The van der Waals surface area contributed by atoms with Crippen molar-refractivity contribution in [2.75, 3.05) is 62.8 Å². The third-order valence-corrected chi connectivity index (χ3v) is 5.66. The topological polar surface area (TPSA) is 111 Å². The maximum Gasteiger partial charge on any atom is 0.328 e. The third-order valence-electron chi connectivity index (χ3n) is 5.66. The van der Waals surface area contributed by atoms with Crippen LogP contribution in [-0.2, 0) is 9.47 Å². The van der Waals surface area contributed by atoms with Gasteiger partial charge in [0.05, 0.1) is 26.4 Å². The maximum absolute atomic E-state index is 12.0. The van der Waals surface area contributed by atoms with Crippen molar-refractivity contribution < 1.29 is 19.0 Å². The van der Waals surface area contributed by atoms with Crippen LogP contribution in [0, 0.1) is 0 Å². The number of rotatable bonds is 14. The second kappa shape index (κ2) is 14.7. The van der Waals surface area contributed by atoms with Crippen LogP contribution in [-0.4, -0.2) is 73.5 Å². The van der Waals surface area contributed by atoms with Crippen LogP contribution in [0.3, 0.4) is 0 Å². The minimum atomic E-state index is -0.106. The molecule has 0 radical (unpaired) electrons. The van der Waals surface area contributed by atoms with Gasteiger partial charge in [0.15, 0.2) is 0 Å². The van der Waals surface area contributed by atoms with E-state index in [2.05, 4.69) is 30.5 Å². The Morgan fingerprint density at radius 1 is 0.784 bits per heavy atom. The molecule has 1 fully saturated rings. The molecule has 0 unspecified atom stereocenters. The van der Waals surface area contributed by atoms with Crippen LogP contribution in [0.25, 0.3) is 0 Å². The summed E-state index contributed by atoms with van der Waals surface area (Å²) < 4.78 is 17.0. The number of para-hydroxylation sites is 1. The lowest BCUT2D eigenvalue weighted by Crippen LogP contribution is -2.31. The normalized spacial score (nSPS) is 13.2. The zero-order valence-corrected chi connectivity index (χ0v) is 21.0. The van der Waals surface area contributed by atoms with E-state index in [9.17, 15) is 4.79 Å². The molecule has 0 spiro atoms. The van der Waals surface area contributed by atoms with Gasteiger partial charge in [-0.1, -0.05) is 36.4 Å². The number of ether oxygens (including phenoxy) is 3. The summed E-state index contributed by atoms with van der Waals surface area (Å²) in [6.07, 6.45) is 3.47. The largest absolute Gasteiger partial charge is 0.424 e. The summed E-state index contributed by atoms with van der Waals surface area (Å²) in [6, 6.07) is 18.8. The first-order valence-corrected chi connectivity index (χ1v) is 12.7. The van der Waals surface area contributed by atoms with E-state index in [0.717, 1.165) is 25.9 Å². The summed E-state index contributed by atoms with van der Waals surface area (Å²) in [4.78, 5) is 27.7. The first kappa shape index (κ1) is 26.3. The lowest BCUT2D eigenvalue weighted by atomic mass is 10.1. The van der Waals surface area contributed by atoms with E-state index in [0.29, 0.717) is 62.7 Å². The summed E-state index contributed by atoms with van der Waals surface area (Å²) in [5.74, 6) is 1.64. The lowest BCUT2D eigenvalue weighted by Gasteiger charge is -2.26. The van der Waals surface area contributed by atoms with E-state index < -0.39 is 0 Å². The van der Waals surface area contributed by atoms with Crippen LogP contribution in [0.5, 0.6) is 11.8 Å². The lowest BCUT2D eigenvalue weighted by molar-refractivity contribution is 0.0519. The Morgan fingerprint density at radius 3 is 2.19 bits per heavy atom. The molecule has 1 amide bonds. The minimum absolute atomic E-state index is 0.106. The van der Waals surface area contributed by atoms with Gasteiger partial charge in [-0.25, -0.2) is 0 Å². The SMILES string of the molecule is O=C(NCCOCCOCCNc1nc(Oc2ccccc2)nc(N2CCCCC2)n1)c1ccccc1. The molecule has 4 rings (SSSR count). The predicted molar refractivity (Wildman–Crippen MR) is 141 cm³/mol. The number of nitrogens with one attached hydrogen (secondary N) is 2. The first-order valence-electron chi connectivity index (χ1n) is 12.7. The van der Waals surface area contributed by atoms with Crippen molar-refractivity contribution in [2.45, 2.75) is 19.3 Å².